The lowest BCUT2D eigenvalue weighted by molar-refractivity contribution is -0.122. The van der Waals surface area contributed by atoms with Crippen molar-refractivity contribution >= 4 is 33.5 Å². The molecule has 0 aliphatic carbocycles. The number of rotatable bonds is 7. The quantitative estimate of drug-likeness (QED) is 0.337. The van der Waals surface area contributed by atoms with Gasteiger partial charge in [0.2, 0.25) is 0 Å². The Balaban J connectivity index is 1.52. The molecule has 33 heavy (non-hydrogen) atoms. The van der Waals surface area contributed by atoms with Crippen molar-refractivity contribution < 1.29 is 9.59 Å². The Morgan fingerprint density at radius 1 is 0.970 bits per heavy atom. The third-order valence-corrected chi connectivity index (χ3v) is 5.69. The molecule has 4 rings (SSSR count). The zero-order chi connectivity index (χ0) is 23.4. The summed E-state index contributed by atoms with van der Waals surface area (Å²) in [6, 6.07) is 16.7. The molecule has 0 unspecified atom stereocenters. The summed E-state index contributed by atoms with van der Waals surface area (Å²) in [4.78, 5) is 38.3. The van der Waals surface area contributed by atoms with E-state index in [0.717, 1.165) is 35.9 Å². The lowest BCUT2D eigenvalue weighted by Gasteiger charge is -2.13. The van der Waals surface area contributed by atoms with Gasteiger partial charge in [-0.3, -0.25) is 25.2 Å². The molecule has 2 heterocycles. The minimum atomic E-state index is -0.571. The smallest absolute Gasteiger partial charge is 0.290 e. The van der Waals surface area contributed by atoms with Gasteiger partial charge >= 0.3 is 0 Å². The van der Waals surface area contributed by atoms with E-state index in [2.05, 4.69) is 22.9 Å². The van der Waals surface area contributed by atoms with Crippen LogP contribution < -0.4 is 16.4 Å². The van der Waals surface area contributed by atoms with Crippen LogP contribution in [0.25, 0.3) is 21.7 Å². The second kappa shape index (κ2) is 9.68. The van der Waals surface area contributed by atoms with E-state index < -0.39 is 5.91 Å². The van der Waals surface area contributed by atoms with Gasteiger partial charge in [0, 0.05) is 23.1 Å². The largest absolute Gasteiger partial charge is 0.335 e. The van der Waals surface area contributed by atoms with Gasteiger partial charge in [0.25, 0.3) is 17.4 Å². The zero-order valence-corrected chi connectivity index (χ0v) is 18.8. The number of hydrogen-bond donors (Lipinski definition) is 2. The Bertz CT molecular complexity index is 1390. The first kappa shape index (κ1) is 22.3. The Hall–Kier alpha value is -3.94. The van der Waals surface area contributed by atoms with Gasteiger partial charge < -0.3 is 4.57 Å². The normalized spacial score (nSPS) is 11.1. The number of fused-ring (bicyclic) bond motifs is 2. The van der Waals surface area contributed by atoms with Crippen LogP contribution in [0.2, 0.25) is 0 Å². The average molecular weight is 446 g/mol. The van der Waals surface area contributed by atoms with Gasteiger partial charge in [-0.25, -0.2) is 4.68 Å². The third-order valence-electron chi connectivity index (χ3n) is 5.69. The molecular formula is C25H27N5O3. The molecule has 0 atom stereocenters. The SMILES string of the molecule is CCCCCn1nc(C(=O)NNC(=O)Cn2c(C)cc3ccccc32)c2ccccc2c1=O. The summed E-state index contributed by atoms with van der Waals surface area (Å²) in [6.45, 7) is 4.51. The maximum Gasteiger partial charge on any atom is 0.290 e. The molecule has 0 saturated carbocycles. The molecule has 0 radical (unpaired) electrons. The van der Waals surface area contributed by atoms with Crippen LogP contribution in [0, 0.1) is 6.92 Å². The average Bonchev–Trinajstić information content (AvgIpc) is 3.14. The summed E-state index contributed by atoms with van der Waals surface area (Å²) in [5.41, 5.74) is 6.70. The molecule has 2 aromatic heterocycles. The van der Waals surface area contributed by atoms with Crippen molar-refractivity contribution in [3.05, 3.63) is 76.3 Å². The van der Waals surface area contributed by atoms with Gasteiger partial charge in [0.1, 0.15) is 6.54 Å². The first-order valence-corrected chi connectivity index (χ1v) is 11.1. The number of aryl methyl sites for hydroxylation is 2. The monoisotopic (exact) mass is 445 g/mol. The molecule has 4 aromatic rings. The molecule has 0 bridgehead atoms. The number of hydrazine groups is 1. The highest BCUT2D eigenvalue weighted by Crippen LogP contribution is 2.19. The summed E-state index contributed by atoms with van der Waals surface area (Å²) >= 11 is 0. The van der Waals surface area contributed by atoms with Gasteiger partial charge in [-0.1, -0.05) is 56.2 Å². The van der Waals surface area contributed by atoms with Gasteiger partial charge in [-0.2, -0.15) is 5.10 Å². The van der Waals surface area contributed by atoms with Gasteiger partial charge in [0.05, 0.1) is 5.39 Å². The molecule has 8 nitrogen and oxygen atoms in total. The van der Waals surface area contributed by atoms with Crippen molar-refractivity contribution in [1.29, 1.82) is 0 Å². The first-order valence-electron chi connectivity index (χ1n) is 11.1. The molecule has 2 amide bonds. The molecule has 8 heteroatoms. The summed E-state index contributed by atoms with van der Waals surface area (Å²) < 4.78 is 3.22. The highest BCUT2D eigenvalue weighted by atomic mass is 16.2. The topological polar surface area (TPSA) is 98.0 Å². The van der Waals surface area contributed by atoms with Crippen LogP contribution in [-0.4, -0.2) is 26.2 Å². The standard InChI is InChI=1S/C25H27N5O3/c1-3-4-9-14-30-25(33)20-12-7-6-11-19(20)23(28-30)24(32)27-26-22(31)16-29-17(2)15-18-10-5-8-13-21(18)29/h5-8,10-13,15H,3-4,9,14,16H2,1-2H3,(H,26,31)(H,27,32). The lowest BCUT2D eigenvalue weighted by Crippen LogP contribution is -2.44. The number of nitrogens with zero attached hydrogens (tertiary/aromatic N) is 3. The van der Waals surface area contributed by atoms with Crippen molar-refractivity contribution in [3.63, 3.8) is 0 Å². The molecular weight excluding hydrogens is 418 g/mol. The molecule has 0 spiro atoms. The van der Waals surface area contributed by atoms with E-state index in [0.29, 0.717) is 17.3 Å². The van der Waals surface area contributed by atoms with Crippen LogP contribution in [0.3, 0.4) is 0 Å². The Morgan fingerprint density at radius 3 is 2.48 bits per heavy atom. The third kappa shape index (κ3) is 4.64. The Kier molecular flexibility index (Phi) is 6.53. The van der Waals surface area contributed by atoms with Crippen LogP contribution in [0.5, 0.6) is 0 Å². The number of para-hydroxylation sites is 1. The van der Waals surface area contributed by atoms with Crippen molar-refractivity contribution in [2.75, 3.05) is 0 Å². The maximum atomic E-state index is 12.9. The number of benzene rings is 2. The number of carbonyl (C=O) groups is 2. The zero-order valence-electron chi connectivity index (χ0n) is 18.8. The summed E-state index contributed by atoms with van der Waals surface area (Å²) in [5, 5.41) is 6.24. The Morgan fingerprint density at radius 2 is 1.70 bits per heavy atom. The summed E-state index contributed by atoms with van der Waals surface area (Å²) in [6.07, 6.45) is 2.77. The summed E-state index contributed by atoms with van der Waals surface area (Å²) in [7, 11) is 0. The van der Waals surface area contributed by atoms with E-state index >= 15 is 0 Å². The van der Waals surface area contributed by atoms with Crippen LogP contribution in [-0.2, 0) is 17.9 Å². The predicted molar refractivity (Wildman–Crippen MR) is 128 cm³/mol. The van der Waals surface area contributed by atoms with Crippen LogP contribution >= 0.6 is 0 Å². The maximum absolute atomic E-state index is 12.9. The highest BCUT2D eigenvalue weighted by molar-refractivity contribution is 6.05. The highest BCUT2D eigenvalue weighted by Gasteiger charge is 2.17. The molecule has 0 aliphatic heterocycles. The minimum Gasteiger partial charge on any atom is -0.335 e. The molecule has 0 fully saturated rings. The molecule has 2 N–H and O–H groups in total. The number of carbonyl (C=O) groups excluding carboxylic acids is 2. The van der Waals surface area contributed by atoms with E-state index in [1.54, 1.807) is 24.3 Å². The van der Waals surface area contributed by atoms with Crippen molar-refractivity contribution in [2.24, 2.45) is 0 Å². The van der Waals surface area contributed by atoms with Gasteiger partial charge in [0.15, 0.2) is 5.69 Å². The number of amides is 2. The second-order valence-electron chi connectivity index (χ2n) is 8.06. The Labute approximate surface area is 191 Å². The van der Waals surface area contributed by atoms with E-state index in [1.807, 2.05) is 41.8 Å². The van der Waals surface area contributed by atoms with Crippen molar-refractivity contribution in [3.8, 4) is 0 Å². The first-order chi connectivity index (χ1) is 16.0. The fraction of sp³-hybridized carbons (Fsp3) is 0.280. The minimum absolute atomic E-state index is 0.0598. The van der Waals surface area contributed by atoms with Crippen molar-refractivity contribution in [1.82, 2.24) is 25.2 Å². The lowest BCUT2D eigenvalue weighted by atomic mass is 10.1. The number of nitrogens with one attached hydrogen (secondary N) is 2. The van der Waals surface area contributed by atoms with Crippen molar-refractivity contribution in [2.45, 2.75) is 46.2 Å². The number of hydrogen-bond acceptors (Lipinski definition) is 4. The molecule has 170 valence electrons. The van der Waals surface area contributed by atoms with Gasteiger partial charge in [-0.15, -0.1) is 0 Å². The van der Waals surface area contributed by atoms with Crippen LogP contribution in [0.1, 0.15) is 42.4 Å². The van der Waals surface area contributed by atoms with E-state index in [4.69, 9.17) is 0 Å². The number of unbranched alkanes of at least 4 members (excludes halogenated alkanes) is 2. The predicted octanol–water partition coefficient (Wildman–Crippen LogP) is 3.31. The molecule has 0 aliphatic rings. The fourth-order valence-corrected chi connectivity index (χ4v) is 3.99. The second-order valence-corrected chi connectivity index (χ2v) is 8.06. The van der Waals surface area contributed by atoms with E-state index in [-0.39, 0.29) is 23.7 Å². The number of aromatic nitrogens is 3. The van der Waals surface area contributed by atoms with Crippen LogP contribution in [0.15, 0.2) is 59.4 Å². The molecule has 0 saturated heterocycles. The van der Waals surface area contributed by atoms with Crippen LogP contribution in [0.4, 0.5) is 0 Å². The fourth-order valence-electron chi connectivity index (χ4n) is 3.99. The van der Waals surface area contributed by atoms with E-state index in [9.17, 15) is 14.4 Å². The molecule has 2 aromatic carbocycles. The van der Waals surface area contributed by atoms with Gasteiger partial charge in [-0.05, 0) is 36.9 Å². The summed E-state index contributed by atoms with van der Waals surface area (Å²) in [5.74, 6) is -0.939. The van der Waals surface area contributed by atoms with E-state index in [1.165, 1.54) is 4.68 Å².